The van der Waals surface area contributed by atoms with Gasteiger partial charge in [0.15, 0.2) is 0 Å². The number of fused-ring (bicyclic) bond motifs is 1. The summed E-state index contributed by atoms with van der Waals surface area (Å²) in [6.45, 7) is 3.37. The van der Waals surface area contributed by atoms with Crippen molar-refractivity contribution in [2.75, 3.05) is 31.9 Å². The highest BCUT2D eigenvalue weighted by molar-refractivity contribution is 6.00. The Bertz CT molecular complexity index is 1420. The van der Waals surface area contributed by atoms with Crippen molar-refractivity contribution < 1.29 is 4.79 Å². The summed E-state index contributed by atoms with van der Waals surface area (Å²) in [5.41, 5.74) is 12.2. The molecule has 0 unspecified atom stereocenters. The second-order valence-corrected chi connectivity index (χ2v) is 11.2. The fraction of sp³-hybridized carbons (Fsp3) is 0.406. The first-order chi connectivity index (χ1) is 19.1. The van der Waals surface area contributed by atoms with Crippen LogP contribution >= 0.6 is 0 Å². The molecule has 7 nitrogen and oxygen atoms in total. The molecule has 39 heavy (non-hydrogen) atoms. The summed E-state index contributed by atoms with van der Waals surface area (Å²) >= 11 is 0. The highest BCUT2D eigenvalue weighted by atomic mass is 16.2. The predicted octanol–water partition coefficient (Wildman–Crippen LogP) is 5.02. The van der Waals surface area contributed by atoms with E-state index in [1.165, 1.54) is 30.4 Å². The number of piperidine rings is 1. The van der Waals surface area contributed by atoms with Gasteiger partial charge in [0.2, 0.25) is 5.91 Å². The van der Waals surface area contributed by atoms with Gasteiger partial charge in [-0.05, 0) is 74.2 Å². The van der Waals surface area contributed by atoms with Crippen molar-refractivity contribution in [3.63, 3.8) is 0 Å². The van der Waals surface area contributed by atoms with E-state index in [2.05, 4.69) is 85.5 Å². The van der Waals surface area contributed by atoms with Crippen LogP contribution in [0.4, 0.5) is 5.82 Å². The number of rotatable bonds is 9. The maximum Gasteiger partial charge on any atom is 0.234 e. The van der Waals surface area contributed by atoms with Crippen molar-refractivity contribution >= 4 is 22.8 Å². The highest BCUT2D eigenvalue weighted by Gasteiger charge is 2.33. The van der Waals surface area contributed by atoms with Crippen LogP contribution in [-0.2, 0) is 17.6 Å². The minimum atomic E-state index is 0.154. The zero-order valence-corrected chi connectivity index (χ0v) is 22.6. The number of nitrogens with zero attached hydrogens (tertiary/aromatic N) is 4. The summed E-state index contributed by atoms with van der Waals surface area (Å²) < 4.78 is 2.28. The number of aryl methyl sites for hydroxylation is 2. The number of likely N-dealkylation sites (tertiary alicyclic amines) is 1. The van der Waals surface area contributed by atoms with Gasteiger partial charge < -0.3 is 15.6 Å². The molecule has 1 aliphatic carbocycles. The average molecular weight is 523 g/mol. The number of benzene rings is 2. The van der Waals surface area contributed by atoms with Crippen LogP contribution < -0.4 is 11.1 Å². The third kappa shape index (κ3) is 5.83. The van der Waals surface area contributed by atoms with E-state index in [1.54, 1.807) is 6.33 Å². The van der Waals surface area contributed by atoms with Crippen molar-refractivity contribution in [1.29, 1.82) is 0 Å². The maximum atomic E-state index is 12.4. The van der Waals surface area contributed by atoms with Crippen molar-refractivity contribution in [3.05, 3.63) is 78.2 Å². The molecular formula is C32H38N6O. The summed E-state index contributed by atoms with van der Waals surface area (Å²) in [6, 6.07) is 19.7. The molecule has 0 bridgehead atoms. The van der Waals surface area contributed by atoms with Crippen molar-refractivity contribution in [2.45, 2.75) is 51.0 Å². The molecule has 4 aromatic rings. The zero-order chi connectivity index (χ0) is 26.6. The first-order valence-corrected chi connectivity index (χ1v) is 14.4. The fourth-order valence-electron chi connectivity index (χ4n) is 6.16. The summed E-state index contributed by atoms with van der Waals surface area (Å²) in [5.74, 6) is 1.16. The van der Waals surface area contributed by atoms with E-state index >= 15 is 0 Å². The van der Waals surface area contributed by atoms with Gasteiger partial charge in [0.25, 0.3) is 0 Å². The van der Waals surface area contributed by atoms with Gasteiger partial charge in [-0.2, -0.15) is 0 Å². The quantitative estimate of drug-likeness (QED) is 0.322. The van der Waals surface area contributed by atoms with Gasteiger partial charge in [-0.15, -0.1) is 0 Å². The van der Waals surface area contributed by atoms with Gasteiger partial charge in [0.05, 0.1) is 11.9 Å². The predicted molar refractivity (Wildman–Crippen MR) is 156 cm³/mol. The van der Waals surface area contributed by atoms with Gasteiger partial charge in [-0.3, -0.25) is 9.69 Å². The Morgan fingerprint density at radius 2 is 1.72 bits per heavy atom. The molecule has 3 heterocycles. The van der Waals surface area contributed by atoms with E-state index in [0.717, 1.165) is 67.5 Å². The molecule has 2 aliphatic rings. The first-order valence-electron chi connectivity index (χ1n) is 14.4. The Labute approximate surface area is 230 Å². The molecular weight excluding hydrogens is 484 g/mol. The summed E-state index contributed by atoms with van der Waals surface area (Å²) in [4.78, 5) is 23.7. The lowest BCUT2D eigenvalue weighted by Crippen LogP contribution is -2.43. The van der Waals surface area contributed by atoms with Crippen LogP contribution in [0.5, 0.6) is 0 Å². The van der Waals surface area contributed by atoms with Gasteiger partial charge in [0, 0.05) is 24.3 Å². The lowest BCUT2D eigenvalue weighted by Gasteiger charge is -2.37. The standard InChI is InChI=1S/C32H38N6O/c33-31-30-28(26-11-7-10-24(16-26)13-12-23-8-3-1-4-9-23)20-38(32(30)36-22-35-31)27-17-25(18-27)19-34-29(39)21-37-14-5-2-6-15-37/h1,3-4,7-11,16,20,22,25,27H,2,5-6,12-15,17-19,21H2,(H,34,39)(H2,33,35,36)/t25-,27-. The van der Waals surface area contributed by atoms with Gasteiger partial charge in [0.1, 0.15) is 17.8 Å². The molecule has 7 heteroatoms. The Morgan fingerprint density at radius 3 is 2.54 bits per heavy atom. The van der Waals surface area contributed by atoms with Crippen molar-refractivity contribution in [1.82, 2.24) is 24.8 Å². The Hall–Kier alpha value is -3.71. The number of carbonyl (C=O) groups is 1. The molecule has 0 radical (unpaired) electrons. The number of aromatic nitrogens is 3. The van der Waals surface area contributed by atoms with Crippen LogP contribution in [0.2, 0.25) is 0 Å². The summed E-state index contributed by atoms with van der Waals surface area (Å²) in [7, 11) is 0. The van der Waals surface area contributed by atoms with Crippen LogP contribution in [0.3, 0.4) is 0 Å². The van der Waals surface area contributed by atoms with E-state index < -0.39 is 0 Å². The molecule has 1 saturated carbocycles. The molecule has 1 aliphatic heterocycles. The van der Waals surface area contributed by atoms with Gasteiger partial charge in [-0.1, -0.05) is 61.0 Å². The summed E-state index contributed by atoms with van der Waals surface area (Å²) in [5, 5.41) is 4.10. The number of carbonyl (C=O) groups excluding carboxylic acids is 1. The SMILES string of the molecule is Nc1ncnc2c1c(-c1cccc(CCc3ccccc3)c1)cn2[C@H]1C[C@H](CNC(=O)CN2CCCCC2)C1. The largest absolute Gasteiger partial charge is 0.383 e. The van der Waals surface area contributed by atoms with Crippen LogP contribution in [0.15, 0.2) is 67.1 Å². The third-order valence-corrected chi connectivity index (χ3v) is 8.43. The molecule has 2 aromatic heterocycles. The lowest BCUT2D eigenvalue weighted by molar-refractivity contribution is -0.122. The van der Waals surface area contributed by atoms with Crippen LogP contribution in [0.25, 0.3) is 22.2 Å². The second-order valence-electron chi connectivity index (χ2n) is 11.2. The molecule has 202 valence electrons. The lowest BCUT2D eigenvalue weighted by atomic mass is 9.80. The topological polar surface area (TPSA) is 89.1 Å². The molecule has 2 fully saturated rings. The average Bonchev–Trinajstić information content (AvgIpc) is 3.33. The maximum absolute atomic E-state index is 12.4. The Kier molecular flexibility index (Phi) is 7.59. The zero-order valence-electron chi connectivity index (χ0n) is 22.6. The van der Waals surface area contributed by atoms with Crippen LogP contribution in [-0.4, -0.2) is 51.5 Å². The smallest absolute Gasteiger partial charge is 0.234 e. The number of hydrogen-bond acceptors (Lipinski definition) is 5. The number of nitrogens with two attached hydrogens (primary N) is 1. The number of nitrogens with one attached hydrogen (secondary N) is 1. The number of nitrogen functional groups attached to an aromatic ring is 1. The van der Waals surface area contributed by atoms with Gasteiger partial charge in [-0.25, -0.2) is 9.97 Å². The highest BCUT2D eigenvalue weighted by Crippen LogP contribution is 2.42. The molecule has 2 aromatic carbocycles. The molecule has 3 N–H and O–H groups in total. The van der Waals surface area contributed by atoms with Crippen molar-refractivity contribution in [3.8, 4) is 11.1 Å². The number of amides is 1. The van der Waals surface area contributed by atoms with Crippen molar-refractivity contribution in [2.24, 2.45) is 5.92 Å². The van der Waals surface area contributed by atoms with E-state index in [9.17, 15) is 4.79 Å². The minimum absolute atomic E-state index is 0.154. The van der Waals surface area contributed by atoms with E-state index in [0.29, 0.717) is 24.3 Å². The third-order valence-electron chi connectivity index (χ3n) is 8.43. The van der Waals surface area contributed by atoms with E-state index in [-0.39, 0.29) is 5.91 Å². The Morgan fingerprint density at radius 1 is 0.949 bits per heavy atom. The fourth-order valence-corrected chi connectivity index (χ4v) is 6.16. The minimum Gasteiger partial charge on any atom is -0.383 e. The molecule has 1 saturated heterocycles. The Balaban J connectivity index is 1.13. The normalized spacial score (nSPS) is 19.6. The molecule has 0 atom stereocenters. The number of anilines is 1. The van der Waals surface area contributed by atoms with Crippen LogP contribution in [0, 0.1) is 5.92 Å². The molecule has 0 spiro atoms. The number of hydrogen-bond donors (Lipinski definition) is 2. The van der Waals surface area contributed by atoms with Gasteiger partial charge >= 0.3 is 0 Å². The van der Waals surface area contributed by atoms with E-state index in [1.807, 2.05) is 0 Å². The van der Waals surface area contributed by atoms with Crippen LogP contribution in [0.1, 0.15) is 49.3 Å². The molecule has 6 rings (SSSR count). The monoisotopic (exact) mass is 522 g/mol. The van der Waals surface area contributed by atoms with E-state index in [4.69, 9.17) is 5.73 Å². The summed E-state index contributed by atoms with van der Waals surface area (Å²) in [6.07, 6.45) is 11.5. The molecule has 1 amide bonds. The first kappa shape index (κ1) is 25.6. The second kappa shape index (κ2) is 11.6.